The van der Waals surface area contributed by atoms with Crippen LogP contribution in [0.1, 0.15) is 24.5 Å². The lowest BCUT2D eigenvalue weighted by Gasteiger charge is -2.10. The van der Waals surface area contributed by atoms with Gasteiger partial charge >= 0.3 is 0 Å². The van der Waals surface area contributed by atoms with E-state index < -0.39 is 0 Å². The highest BCUT2D eigenvalue weighted by Gasteiger charge is 2.06. The maximum absolute atomic E-state index is 13.9. The molecule has 2 aromatic carbocycles. The van der Waals surface area contributed by atoms with E-state index in [9.17, 15) is 4.39 Å². The summed E-state index contributed by atoms with van der Waals surface area (Å²) in [4.78, 5) is 0. The van der Waals surface area contributed by atoms with Gasteiger partial charge in [-0.3, -0.25) is 0 Å². The standard InChI is InChI=1S/C18H22FNO/c1-14(20)12-16-9-10-18(17(19)13-16)21-11-5-8-15-6-3-2-4-7-15/h2-4,6-7,9-10,13-14H,5,8,11-12,20H2,1H3. The molecule has 1 atom stereocenters. The summed E-state index contributed by atoms with van der Waals surface area (Å²) < 4.78 is 19.4. The largest absolute Gasteiger partial charge is 0.491 e. The molecule has 2 N–H and O–H groups in total. The molecule has 0 aliphatic rings. The van der Waals surface area contributed by atoms with Crippen LogP contribution < -0.4 is 10.5 Å². The van der Waals surface area contributed by atoms with Gasteiger partial charge in [-0.25, -0.2) is 4.39 Å². The average molecular weight is 287 g/mol. The van der Waals surface area contributed by atoms with E-state index in [1.807, 2.05) is 31.2 Å². The van der Waals surface area contributed by atoms with Crippen LogP contribution in [0.3, 0.4) is 0 Å². The molecule has 0 saturated carbocycles. The number of ether oxygens (including phenoxy) is 1. The van der Waals surface area contributed by atoms with Crippen molar-refractivity contribution in [2.45, 2.75) is 32.2 Å². The molecule has 2 rings (SSSR count). The molecule has 0 aliphatic heterocycles. The molecule has 0 bridgehead atoms. The van der Waals surface area contributed by atoms with Gasteiger partial charge in [0.25, 0.3) is 0 Å². The predicted molar refractivity (Wildman–Crippen MR) is 84.0 cm³/mol. The van der Waals surface area contributed by atoms with Gasteiger partial charge < -0.3 is 10.5 Å². The second-order valence-electron chi connectivity index (χ2n) is 5.38. The molecule has 0 fully saturated rings. The first-order valence-electron chi connectivity index (χ1n) is 7.36. The molecular formula is C18H22FNO. The number of halogens is 1. The van der Waals surface area contributed by atoms with Gasteiger partial charge in [0.2, 0.25) is 0 Å². The first-order chi connectivity index (χ1) is 10.1. The fraction of sp³-hybridized carbons (Fsp3) is 0.333. The van der Waals surface area contributed by atoms with Crippen molar-refractivity contribution in [2.24, 2.45) is 5.73 Å². The summed E-state index contributed by atoms with van der Waals surface area (Å²) in [6.07, 6.45) is 2.47. The zero-order valence-electron chi connectivity index (χ0n) is 12.4. The van der Waals surface area contributed by atoms with Crippen LogP contribution in [0.5, 0.6) is 5.75 Å². The van der Waals surface area contributed by atoms with Crippen molar-refractivity contribution in [1.29, 1.82) is 0 Å². The molecule has 0 spiro atoms. The van der Waals surface area contributed by atoms with E-state index in [1.54, 1.807) is 6.07 Å². The van der Waals surface area contributed by atoms with E-state index >= 15 is 0 Å². The first-order valence-corrected chi connectivity index (χ1v) is 7.36. The Hall–Kier alpha value is -1.87. The summed E-state index contributed by atoms with van der Waals surface area (Å²) in [5.74, 6) is 0.00403. The molecule has 2 aromatic rings. The Morgan fingerprint density at radius 3 is 2.52 bits per heavy atom. The number of hydrogen-bond donors (Lipinski definition) is 1. The van der Waals surface area contributed by atoms with Gasteiger partial charge in [-0.05, 0) is 49.4 Å². The number of hydrogen-bond acceptors (Lipinski definition) is 2. The lowest BCUT2D eigenvalue weighted by molar-refractivity contribution is 0.295. The predicted octanol–water partition coefficient (Wildman–Crippen LogP) is 3.73. The second-order valence-corrected chi connectivity index (χ2v) is 5.38. The smallest absolute Gasteiger partial charge is 0.165 e. The van der Waals surface area contributed by atoms with Gasteiger partial charge in [-0.15, -0.1) is 0 Å². The Bertz CT molecular complexity index is 554. The van der Waals surface area contributed by atoms with Crippen molar-refractivity contribution in [3.63, 3.8) is 0 Å². The molecule has 0 aliphatic carbocycles. The summed E-state index contributed by atoms with van der Waals surface area (Å²) >= 11 is 0. The van der Waals surface area contributed by atoms with Crippen molar-refractivity contribution in [3.05, 3.63) is 65.5 Å². The third-order valence-corrected chi connectivity index (χ3v) is 3.26. The fourth-order valence-corrected chi connectivity index (χ4v) is 2.26. The van der Waals surface area contributed by atoms with Gasteiger partial charge in [0.1, 0.15) is 0 Å². The highest BCUT2D eigenvalue weighted by Crippen LogP contribution is 2.19. The van der Waals surface area contributed by atoms with Gasteiger partial charge in [-0.2, -0.15) is 0 Å². The van der Waals surface area contributed by atoms with Crippen molar-refractivity contribution < 1.29 is 9.13 Å². The molecule has 112 valence electrons. The van der Waals surface area contributed by atoms with Crippen molar-refractivity contribution >= 4 is 0 Å². The average Bonchev–Trinajstić information content (AvgIpc) is 2.46. The van der Waals surface area contributed by atoms with Gasteiger partial charge in [0.05, 0.1) is 6.61 Å². The molecule has 21 heavy (non-hydrogen) atoms. The van der Waals surface area contributed by atoms with Crippen LogP contribution in [-0.2, 0) is 12.8 Å². The molecule has 1 unspecified atom stereocenters. The monoisotopic (exact) mass is 287 g/mol. The van der Waals surface area contributed by atoms with E-state index in [1.165, 1.54) is 11.6 Å². The van der Waals surface area contributed by atoms with Crippen LogP contribution >= 0.6 is 0 Å². The van der Waals surface area contributed by atoms with Crippen LogP contribution in [0.4, 0.5) is 4.39 Å². The van der Waals surface area contributed by atoms with Crippen LogP contribution in [0.15, 0.2) is 48.5 Å². The Kier molecular flexibility index (Phi) is 5.76. The molecule has 0 radical (unpaired) electrons. The van der Waals surface area contributed by atoms with E-state index in [4.69, 9.17) is 10.5 Å². The minimum atomic E-state index is -0.312. The number of aryl methyl sites for hydroxylation is 1. The van der Waals surface area contributed by atoms with Crippen LogP contribution in [0, 0.1) is 5.82 Å². The lowest BCUT2D eigenvalue weighted by atomic mass is 10.1. The van der Waals surface area contributed by atoms with Crippen molar-refractivity contribution in [1.82, 2.24) is 0 Å². The molecule has 2 nitrogen and oxygen atoms in total. The fourth-order valence-electron chi connectivity index (χ4n) is 2.26. The SMILES string of the molecule is CC(N)Cc1ccc(OCCCc2ccccc2)c(F)c1. The van der Waals surface area contributed by atoms with Crippen LogP contribution in [0.2, 0.25) is 0 Å². The maximum atomic E-state index is 13.9. The summed E-state index contributed by atoms with van der Waals surface area (Å²) in [6.45, 7) is 2.42. The molecule has 3 heteroatoms. The third kappa shape index (κ3) is 5.20. The van der Waals surface area contributed by atoms with Crippen molar-refractivity contribution in [3.8, 4) is 5.75 Å². The van der Waals surface area contributed by atoms with Gasteiger partial charge in [0, 0.05) is 6.04 Å². The Labute approximate surface area is 125 Å². The van der Waals surface area contributed by atoms with Gasteiger partial charge in [0.15, 0.2) is 11.6 Å². The van der Waals surface area contributed by atoms with Crippen molar-refractivity contribution in [2.75, 3.05) is 6.61 Å². The number of benzene rings is 2. The summed E-state index contributed by atoms with van der Waals surface area (Å²) in [5.41, 5.74) is 7.89. The van der Waals surface area contributed by atoms with E-state index in [0.29, 0.717) is 18.8 Å². The Morgan fingerprint density at radius 1 is 1.10 bits per heavy atom. The highest BCUT2D eigenvalue weighted by atomic mass is 19.1. The molecule has 0 amide bonds. The Morgan fingerprint density at radius 2 is 1.86 bits per heavy atom. The van der Waals surface area contributed by atoms with E-state index in [-0.39, 0.29) is 11.9 Å². The molecule has 0 aromatic heterocycles. The summed E-state index contributed by atoms with van der Waals surface area (Å²) in [6, 6.07) is 15.3. The van der Waals surface area contributed by atoms with E-state index in [0.717, 1.165) is 18.4 Å². The van der Waals surface area contributed by atoms with Gasteiger partial charge in [-0.1, -0.05) is 36.4 Å². The third-order valence-electron chi connectivity index (χ3n) is 3.26. The zero-order chi connectivity index (χ0) is 15.1. The van der Waals surface area contributed by atoms with E-state index in [2.05, 4.69) is 12.1 Å². The topological polar surface area (TPSA) is 35.2 Å². The molecule has 0 saturated heterocycles. The lowest BCUT2D eigenvalue weighted by Crippen LogP contribution is -2.17. The molecule has 0 heterocycles. The normalized spacial score (nSPS) is 12.1. The minimum Gasteiger partial charge on any atom is -0.491 e. The molecular weight excluding hydrogens is 265 g/mol. The zero-order valence-corrected chi connectivity index (χ0v) is 12.4. The summed E-state index contributed by atoms with van der Waals surface area (Å²) in [5, 5.41) is 0. The summed E-state index contributed by atoms with van der Waals surface area (Å²) in [7, 11) is 0. The quantitative estimate of drug-likeness (QED) is 0.788. The van der Waals surface area contributed by atoms with Crippen LogP contribution in [0.25, 0.3) is 0 Å². The van der Waals surface area contributed by atoms with Crippen LogP contribution in [-0.4, -0.2) is 12.6 Å². The second kappa shape index (κ2) is 7.79. The number of nitrogens with two attached hydrogens (primary N) is 1. The first kappa shape index (κ1) is 15.5. The number of rotatable bonds is 7. The minimum absolute atomic E-state index is 0.0297. The highest BCUT2D eigenvalue weighted by molar-refractivity contribution is 5.29. The maximum Gasteiger partial charge on any atom is 0.165 e. The Balaban J connectivity index is 1.80.